The second-order valence-corrected chi connectivity index (χ2v) is 6.90. The molecule has 0 saturated carbocycles. The number of hydrogen-bond acceptors (Lipinski definition) is 4. The summed E-state index contributed by atoms with van der Waals surface area (Å²) in [6.45, 7) is 6.34. The SMILES string of the molecule is C#CCOc1ccccc1CNCc1ccc(N2CCC(C)CC2)nc1. The second kappa shape index (κ2) is 9.26. The predicted molar refractivity (Wildman–Crippen MR) is 106 cm³/mol. The Kier molecular flexibility index (Phi) is 6.51. The molecule has 1 saturated heterocycles. The molecule has 0 aliphatic carbocycles. The predicted octanol–water partition coefficient (Wildman–Crippen LogP) is 3.62. The Bertz CT molecular complexity index is 728. The van der Waals surface area contributed by atoms with Crippen LogP contribution in [0.1, 0.15) is 30.9 Å². The third-order valence-corrected chi connectivity index (χ3v) is 4.84. The summed E-state index contributed by atoms with van der Waals surface area (Å²) in [6.07, 6.45) is 9.76. The van der Waals surface area contributed by atoms with Gasteiger partial charge in [0.05, 0.1) is 0 Å². The zero-order valence-electron chi connectivity index (χ0n) is 15.4. The van der Waals surface area contributed by atoms with Gasteiger partial charge >= 0.3 is 0 Å². The number of piperidine rings is 1. The van der Waals surface area contributed by atoms with E-state index in [1.165, 1.54) is 18.4 Å². The number of nitrogens with one attached hydrogen (secondary N) is 1. The number of benzene rings is 1. The Morgan fingerprint density at radius 2 is 2.00 bits per heavy atom. The highest BCUT2D eigenvalue weighted by molar-refractivity contribution is 5.40. The van der Waals surface area contributed by atoms with Crippen molar-refractivity contribution in [1.82, 2.24) is 10.3 Å². The molecule has 3 rings (SSSR count). The number of nitrogens with zero attached hydrogens (tertiary/aromatic N) is 2. The van der Waals surface area contributed by atoms with Crippen LogP contribution in [0.25, 0.3) is 0 Å². The number of rotatable bonds is 7. The van der Waals surface area contributed by atoms with E-state index in [0.717, 1.165) is 49.2 Å². The van der Waals surface area contributed by atoms with Crippen molar-refractivity contribution < 1.29 is 4.74 Å². The highest BCUT2D eigenvalue weighted by atomic mass is 16.5. The molecule has 0 radical (unpaired) electrons. The van der Waals surface area contributed by atoms with Crippen LogP contribution in [-0.4, -0.2) is 24.7 Å². The van der Waals surface area contributed by atoms with Gasteiger partial charge in [-0.15, -0.1) is 6.42 Å². The number of hydrogen-bond donors (Lipinski definition) is 1. The van der Waals surface area contributed by atoms with E-state index in [0.29, 0.717) is 0 Å². The fourth-order valence-corrected chi connectivity index (χ4v) is 3.20. The van der Waals surface area contributed by atoms with Crippen LogP contribution < -0.4 is 15.0 Å². The maximum atomic E-state index is 5.59. The van der Waals surface area contributed by atoms with Crippen molar-refractivity contribution in [3.8, 4) is 18.1 Å². The van der Waals surface area contributed by atoms with Crippen LogP contribution in [0.5, 0.6) is 5.75 Å². The fourth-order valence-electron chi connectivity index (χ4n) is 3.20. The summed E-state index contributed by atoms with van der Waals surface area (Å²) in [6, 6.07) is 12.3. The lowest BCUT2D eigenvalue weighted by atomic mass is 9.99. The van der Waals surface area contributed by atoms with Crippen LogP contribution in [0.3, 0.4) is 0 Å². The minimum absolute atomic E-state index is 0.289. The Morgan fingerprint density at radius 3 is 2.73 bits per heavy atom. The summed E-state index contributed by atoms with van der Waals surface area (Å²) in [7, 11) is 0. The molecule has 1 fully saturated rings. The summed E-state index contributed by atoms with van der Waals surface area (Å²) in [5, 5.41) is 3.45. The van der Waals surface area contributed by atoms with Crippen molar-refractivity contribution in [2.75, 3.05) is 24.6 Å². The van der Waals surface area contributed by atoms with Crippen molar-refractivity contribution in [2.24, 2.45) is 5.92 Å². The maximum Gasteiger partial charge on any atom is 0.148 e. The third kappa shape index (κ3) is 5.00. The third-order valence-electron chi connectivity index (χ3n) is 4.84. The summed E-state index contributed by atoms with van der Waals surface area (Å²) in [4.78, 5) is 7.04. The number of terminal acetylenes is 1. The molecular formula is C22H27N3O. The molecule has 0 spiro atoms. The Balaban J connectivity index is 1.50. The number of aromatic nitrogens is 1. The monoisotopic (exact) mass is 349 g/mol. The molecule has 0 amide bonds. The van der Waals surface area contributed by atoms with Gasteiger partial charge in [0.1, 0.15) is 18.2 Å². The van der Waals surface area contributed by atoms with Crippen molar-refractivity contribution in [1.29, 1.82) is 0 Å². The van der Waals surface area contributed by atoms with Crippen LogP contribution in [-0.2, 0) is 13.1 Å². The average Bonchev–Trinajstić information content (AvgIpc) is 2.68. The van der Waals surface area contributed by atoms with E-state index in [4.69, 9.17) is 11.2 Å². The molecule has 136 valence electrons. The van der Waals surface area contributed by atoms with Gasteiger partial charge in [-0.2, -0.15) is 0 Å². The van der Waals surface area contributed by atoms with Gasteiger partial charge in [-0.25, -0.2) is 4.98 Å². The molecule has 1 N–H and O–H groups in total. The van der Waals surface area contributed by atoms with E-state index < -0.39 is 0 Å². The highest BCUT2D eigenvalue weighted by Gasteiger charge is 2.16. The molecule has 0 atom stereocenters. The van der Waals surface area contributed by atoms with Crippen LogP contribution in [0, 0.1) is 18.3 Å². The first-order valence-corrected chi connectivity index (χ1v) is 9.31. The minimum Gasteiger partial charge on any atom is -0.481 e. The lowest BCUT2D eigenvalue weighted by Crippen LogP contribution is -2.33. The van der Waals surface area contributed by atoms with Crippen LogP contribution >= 0.6 is 0 Å². The van der Waals surface area contributed by atoms with E-state index >= 15 is 0 Å². The smallest absolute Gasteiger partial charge is 0.148 e. The first kappa shape index (κ1) is 18.3. The number of anilines is 1. The fraction of sp³-hybridized carbons (Fsp3) is 0.409. The second-order valence-electron chi connectivity index (χ2n) is 6.90. The van der Waals surface area contributed by atoms with Crippen molar-refractivity contribution in [3.63, 3.8) is 0 Å². The topological polar surface area (TPSA) is 37.4 Å². The summed E-state index contributed by atoms with van der Waals surface area (Å²) < 4.78 is 5.59. The molecule has 26 heavy (non-hydrogen) atoms. The lowest BCUT2D eigenvalue weighted by Gasteiger charge is -2.31. The van der Waals surface area contributed by atoms with E-state index in [-0.39, 0.29) is 6.61 Å². The molecule has 0 bridgehead atoms. The van der Waals surface area contributed by atoms with Gasteiger partial charge in [0.25, 0.3) is 0 Å². The number of ether oxygens (including phenoxy) is 1. The van der Waals surface area contributed by atoms with E-state index in [1.807, 2.05) is 24.4 Å². The summed E-state index contributed by atoms with van der Waals surface area (Å²) >= 11 is 0. The van der Waals surface area contributed by atoms with Crippen molar-refractivity contribution in [3.05, 3.63) is 53.7 Å². The quantitative estimate of drug-likeness (QED) is 0.775. The molecule has 1 aromatic heterocycles. The molecule has 4 heteroatoms. The van der Waals surface area contributed by atoms with Crippen molar-refractivity contribution >= 4 is 5.82 Å². The van der Waals surface area contributed by atoms with Gasteiger partial charge in [-0.05, 0) is 36.5 Å². The Hall–Kier alpha value is -2.51. The molecule has 2 heterocycles. The largest absolute Gasteiger partial charge is 0.481 e. The first-order chi connectivity index (χ1) is 12.8. The highest BCUT2D eigenvalue weighted by Crippen LogP contribution is 2.21. The lowest BCUT2D eigenvalue weighted by molar-refractivity contribution is 0.365. The van der Waals surface area contributed by atoms with Gasteiger partial charge in [-0.1, -0.05) is 37.1 Å². The molecule has 4 nitrogen and oxygen atoms in total. The van der Waals surface area contributed by atoms with Crippen molar-refractivity contribution in [2.45, 2.75) is 32.9 Å². The maximum absolute atomic E-state index is 5.59. The zero-order chi connectivity index (χ0) is 18.2. The molecule has 1 aliphatic heterocycles. The summed E-state index contributed by atoms with van der Waals surface area (Å²) in [5.74, 6) is 5.27. The molecule has 1 aliphatic rings. The summed E-state index contributed by atoms with van der Waals surface area (Å²) in [5.41, 5.74) is 2.29. The van der Waals surface area contributed by atoms with E-state index in [2.05, 4.69) is 46.2 Å². The zero-order valence-corrected chi connectivity index (χ0v) is 15.4. The molecule has 1 aromatic carbocycles. The first-order valence-electron chi connectivity index (χ1n) is 9.31. The van der Waals surface area contributed by atoms with E-state index in [9.17, 15) is 0 Å². The Labute approximate surface area is 156 Å². The minimum atomic E-state index is 0.289. The Morgan fingerprint density at radius 1 is 1.19 bits per heavy atom. The number of para-hydroxylation sites is 1. The van der Waals surface area contributed by atoms with Crippen LogP contribution in [0.4, 0.5) is 5.82 Å². The van der Waals surface area contributed by atoms with Gasteiger partial charge in [0.15, 0.2) is 0 Å². The van der Waals surface area contributed by atoms with Gasteiger partial charge in [0.2, 0.25) is 0 Å². The molecule has 2 aromatic rings. The van der Waals surface area contributed by atoms with E-state index in [1.54, 1.807) is 0 Å². The van der Waals surface area contributed by atoms with Gasteiger partial charge in [0, 0.05) is 37.9 Å². The molecule has 0 unspecified atom stereocenters. The van der Waals surface area contributed by atoms with Gasteiger partial charge < -0.3 is 15.0 Å². The standard InChI is InChI=1S/C22H27N3O/c1-3-14-26-21-7-5-4-6-20(21)17-23-15-19-8-9-22(24-16-19)25-12-10-18(2)11-13-25/h1,4-9,16,18,23H,10-15,17H2,2H3. The van der Waals surface area contributed by atoms with Gasteiger partial charge in [-0.3, -0.25) is 0 Å². The van der Waals surface area contributed by atoms with Crippen LogP contribution in [0.15, 0.2) is 42.6 Å². The number of pyridine rings is 1. The average molecular weight is 349 g/mol. The van der Waals surface area contributed by atoms with Crippen LogP contribution in [0.2, 0.25) is 0 Å². The molecular weight excluding hydrogens is 322 g/mol. The normalized spacial score (nSPS) is 14.8.